The number of carbonyl (C=O) groups excluding carboxylic acids is 3. The van der Waals surface area contributed by atoms with E-state index in [1.54, 1.807) is 68.1 Å². The number of pyridine rings is 2. The maximum absolute atomic E-state index is 13.6. The minimum absolute atomic E-state index is 0.233. The maximum Gasteiger partial charge on any atom is 0.325 e. The Hall–Kier alpha value is -4.78. The van der Waals surface area contributed by atoms with E-state index in [0.29, 0.717) is 23.5 Å². The Morgan fingerprint density at radius 3 is 2.62 bits per heavy atom. The number of β-lactam (4-membered cyclic amide) rings is 1. The number of likely N-dealkylation sites (tertiary alicyclic amines) is 1. The third kappa shape index (κ3) is 5.26. The van der Waals surface area contributed by atoms with E-state index in [9.17, 15) is 19.6 Å². The monoisotopic (exact) mass is 497 g/mol. The molecule has 4 amide bonds. The summed E-state index contributed by atoms with van der Waals surface area (Å²) in [6.07, 6.45) is 5.43. The summed E-state index contributed by atoms with van der Waals surface area (Å²) in [5.41, 5.74) is 8.34. The van der Waals surface area contributed by atoms with Crippen LogP contribution in [0.3, 0.4) is 0 Å². The average molecular weight is 498 g/mol. The lowest BCUT2D eigenvalue weighted by atomic mass is 9.81. The number of anilines is 2. The lowest BCUT2D eigenvalue weighted by molar-refractivity contribution is -0.156. The first kappa shape index (κ1) is 25.3. The number of nitrogens with zero attached hydrogens (tertiary/aromatic N) is 5. The van der Waals surface area contributed by atoms with Gasteiger partial charge in [-0.1, -0.05) is 19.1 Å². The van der Waals surface area contributed by atoms with Crippen LogP contribution in [0.15, 0.2) is 67.1 Å². The minimum Gasteiger partial charge on any atom is -0.384 e. The molecule has 10 heteroatoms. The van der Waals surface area contributed by atoms with Crippen LogP contribution in [0.1, 0.15) is 36.1 Å². The summed E-state index contributed by atoms with van der Waals surface area (Å²) in [5, 5.41) is 12.1. The molecular formula is C27H27N7O3. The van der Waals surface area contributed by atoms with Crippen molar-refractivity contribution in [3.8, 4) is 6.07 Å². The predicted molar refractivity (Wildman–Crippen MR) is 137 cm³/mol. The van der Waals surface area contributed by atoms with E-state index < -0.39 is 35.8 Å². The van der Waals surface area contributed by atoms with E-state index >= 15 is 0 Å². The van der Waals surface area contributed by atoms with E-state index in [2.05, 4.69) is 21.4 Å². The third-order valence-corrected chi connectivity index (χ3v) is 6.49. The highest BCUT2D eigenvalue weighted by Crippen LogP contribution is 2.33. The first-order valence-electron chi connectivity index (χ1n) is 11.9. The first-order chi connectivity index (χ1) is 17.8. The van der Waals surface area contributed by atoms with Gasteiger partial charge in [0, 0.05) is 31.3 Å². The van der Waals surface area contributed by atoms with Crippen LogP contribution in [0, 0.1) is 17.2 Å². The van der Waals surface area contributed by atoms with Gasteiger partial charge < -0.3 is 16.0 Å². The molecule has 1 aliphatic rings. The van der Waals surface area contributed by atoms with Gasteiger partial charge in [0.05, 0.1) is 23.6 Å². The number of amides is 4. The molecule has 0 saturated carbocycles. The molecule has 3 heterocycles. The molecule has 0 bridgehead atoms. The molecule has 1 aromatic carbocycles. The number of imide groups is 1. The zero-order valence-electron chi connectivity index (χ0n) is 20.5. The molecule has 3 aromatic rings. The third-order valence-electron chi connectivity index (χ3n) is 6.49. The number of rotatable bonds is 7. The van der Waals surface area contributed by atoms with Crippen LogP contribution in [0.5, 0.6) is 0 Å². The second kappa shape index (κ2) is 10.9. The van der Waals surface area contributed by atoms with Crippen LogP contribution >= 0.6 is 0 Å². The number of hydrogen-bond acceptors (Lipinski definition) is 7. The second-order valence-corrected chi connectivity index (χ2v) is 8.80. The fourth-order valence-corrected chi connectivity index (χ4v) is 4.49. The first-order valence-corrected chi connectivity index (χ1v) is 11.9. The molecule has 1 aliphatic heterocycles. The summed E-state index contributed by atoms with van der Waals surface area (Å²) in [5.74, 6) is -1.28. The SMILES string of the molecule is CCC(NC(=O)N1C(=O)[C@H](Cc2ccnc(N)c2)[C@H]1C(=O)N(C)c1ccncc1)c1cccc(C#N)c1. The molecule has 0 aliphatic carbocycles. The molecule has 188 valence electrons. The molecule has 0 radical (unpaired) electrons. The van der Waals surface area contributed by atoms with Gasteiger partial charge in [0.15, 0.2) is 0 Å². The lowest BCUT2D eigenvalue weighted by Gasteiger charge is -2.46. The average Bonchev–Trinajstić information content (AvgIpc) is 2.92. The molecule has 3 N–H and O–H groups in total. The molecule has 2 aromatic heterocycles. The summed E-state index contributed by atoms with van der Waals surface area (Å²) in [6.45, 7) is 1.89. The number of nitriles is 1. The normalized spacial score (nSPS) is 17.3. The maximum atomic E-state index is 13.6. The van der Waals surface area contributed by atoms with Crippen molar-refractivity contribution in [1.82, 2.24) is 20.2 Å². The van der Waals surface area contributed by atoms with Crippen molar-refractivity contribution in [2.45, 2.75) is 31.8 Å². The lowest BCUT2D eigenvalue weighted by Crippen LogP contribution is -2.70. The summed E-state index contributed by atoms with van der Waals surface area (Å²) in [6, 6.07) is 13.6. The molecule has 3 atom stereocenters. The highest BCUT2D eigenvalue weighted by Gasteiger charge is 2.55. The van der Waals surface area contributed by atoms with E-state index in [-0.39, 0.29) is 6.42 Å². The van der Waals surface area contributed by atoms with Gasteiger partial charge >= 0.3 is 6.03 Å². The van der Waals surface area contributed by atoms with E-state index in [1.807, 2.05) is 13.0 Å². The van der Waals surface area contributed by atoms with Crippen molar-refractivity contribution >= 4 is 29.4 Å². The van der Waals surface area contributed by atoms with Crippen LogP contribution in [0.25, 0.3) is 0 Å². The van der Waals surface area contributed by atoms with Gasteiger partial charge in [0.25, 0.3) is 5.91 Å². The summed E-state index contributed by atoms with van der Waals surface area (Å²) in [7, 11) is 1.60. The fourth-order valence-electron chi connectivity index (χ4n) is 4.49. The van der Waals surface area contributed by atoms with Gasteiger partial charge in [0.2, 0.25) is 5.91 Å². The van der Waals surface area contributed by atoms with Crippen LogP contribution in [-0.4, -0.2) is 45.8 Å². The van der Waals surface area contributed by atoms with Crippen molar-refractivity contribution in [3.63, 3.8) is 0 Å². The Bertz CT molecular complexity index is 1360. The van der Waals surface area contributed by atoms with Crippen molar-refractivity contribution in [2.24, 2.45) is 5.92 Å². The summed E-state index contributed by atoms with van der Waals surface area (Å²) >= 11 is 0. The Kier molecular flexibility index (Phi) is 7.44. The van der Waals surface area contributed by atoms with Gasteiger partial charge in [-0.05, 0) is 60.4 Å². The van der Waals surface area contributed by atoms with Gasteiger partial charge in [-0.3, -0.25) is 19.5 Å². The van der Waals surface area contributed by atoms with E-state index in [1.165, 1.54) is 4.90 Å². The van der Waals surface area contributed by atoms with E-state index in [4.69, 9.17) is 5.73 Å². The highest BCUT2D eigenvalue weighted by atomic mass is 16.2. The minimum atomic E-state index is -1.01. The quantitative estimate of drug-likeness (QED) is 0.477. The molecular weight excluding hydrogens is 470 g/mol. The molecule has 10 nitrogen and oxygen atoms in total. The number of benzene rings is 1. The second-order valence-electron chi connectivity index (χ2n) is 8.80. The number of hydrogen-bond donors (Lipinski definition) is 2. The smallest absolute Gasteiger partial charge is 0.325 e. The van der Waals surface area contributed by atoms with Crippen LogP contribution in [-0.2, 0) is 16.0 Å². The molecule has 4 rings (SSSR count). The van der Waals surface area contributed by atoms with Crippen LogP contribution in [0.4, 0.5) is 16.3 Å². The molecule has 1 unspecified atom stereocenters. The number of likely N-dealkylation sites (N-methyl/N-ethyl adjacent to an activating group) is 1. The largest absolute Gasteiger partial charge is 0.384 e. The van der Waals surface area contributed by atoms with Crippen molar-refractivity contribution < 1.29 is 14.4 Å². The Morgan fingerprint density at radius 2 is 1.95 bits per heavy atom. The van der Waals surface area contributed by atoms with Crippen LogP contribution < -0.4 is 16.0 Å². The molecule has 0 spiro atoms. The van der Waals surface area contributed by atoms with Crippen molar-refractivity contribution in [3.05, 3.63) is 83.8 Å². The van der Waals surface area contributed by atoms with Crippen molar-refractivity contribution in [2.75, 3.05) is 17.7 Å². The van der Waals surface area contributed by atoms with Gasteiger partial charge in [-0.25, -0.2) is 9.78 Å². The number of urea groups is 1. The van der Waals surface area contributed by atoms with Gasteiger partial charge in [0.1, 0.15) is 11.9 Å². The fraction of sp³-hybridized carbons (Fsp3) is 0.259. The summed E-state index contributed by atoms with van der Waals surface area (Å²) < 4.78 is 0. The molecule has 1 fully saturated rings. The highest BCUT2D eigenvalue weighted by molar-refractivity contribution is 6.12. The number of carbonyl (C=O) groups is 3. The summed E-state index contributed by atoms with van der Waals surface area (Å²) in [4.78, 5) is 50.6. The molecule has 1 saturated heterocycles. The zero-order valence-corrected chi connectivity index (χ0v) is 20.5. The van der Waals surface area contributed by atoms with Crippen LogP contribution in [0.2, 0.25) is 0 Å². The standard InChI is InChI=1S/C27H27N7O3/c1-3-22(19-6-4-5-18(13-19)16-28)32-27(37)34-24(26(36)33(2)20-8-10-30-11-9-20)21(25(34)35)14-17-7-12-31-23(29)15-17/h4-13,15,21-22,24H,3,14H2,1-2H3,(H2,29,31)(H,32,37)/t21-,22?,24+/m1/s1. The number of aromatic nitrogens is 2. The number of nitrogen functional groups attached to an aromatic ring is 1. The molecule has 37 heavy (non-hydrogen) atoms. The predicted octanol–water partition coefficient (Wildman–Crippen LogP) is 2.82. The topological polar surface area (TPSA) is 145 Å². The zero-order chi connectivity index (χ0) is 26.5. The van der Waals surface area contributed by atoms with Crippen molar-refractivity contribution in [1.29, 1.82) is 5.26 Å². The Balaban J connectivity index is 1.60. The van der Waals surface area contributed by atoms with E-state index in [0.717, 1.165) is 16.0 Å². The Morgan fingerprint density at radius 1 is 1.19 bits per heavy atom. The van der Waals surface area contributed by atoms with Gasteiger partial charge in [-0.2, -0.15) is 5.26 Å². The number of nitrogens with one attached hydrogen (secondary N) is 1. The number of nitrogens with two attached hydrogens (primary N) is 1. The Labute approximate surface area is 214 Å². The van der Waals surface area contributed by atoms with Gasteiger partial charge in [-0.15, -0.1) is 0 Å².